The highest BCUT2D eigenvalue weighted by molar-refractivity contribution is 5.25. The van der Waals surface area contributed by atoms with Gasteiger partial charge in [0, 0.05) is 0 Å². The van der Waals surface area contributed by atoms with Crippen LogP contribution in [0, 0.1) is 24.7 Å². The summed E-state index contributed by atoms with van der Waals surface area (Å²) >= 11 is 0. The van der Waals surface area contributed by atoms with Crippen molar-refractivity contribution in [3.63, 3.8) is 0 Å². The normalized spacial score (nSPS) is 35.4. The Labute approximate surface area is 112 Å². The van der Waals surface area contributed by atoms with E-state index in [1.54, 1.807) is 5.56 Å². The number of rotatable bonds is 2. The van der Waals surface area contributed by atoms with Crippen molar-refractivity contribution in [3.05, 3.63) is 35.4 Å². The van der Waals surface area contributed by atoms with E-state index in [0.717, 1.165) is 23.7 Å². The van der Waals surface area contributed by atoms with E-state index in [9.17, 15) is 0 Å². The molecule has 0 spiro atoms. The van der Waals surface area contributed by atoms with Gasteiger partial charge in [0.2, 0.25) is 0 Å². The molecule has 2 fully saturated rings. The second kappa shape index (κ2) is 5.07. The summed E-state index contributed by atoms with van der Waals surface area (Å²) in [5.74, 6) is 3.97. The van der Waals surface area contributed by atoms with Gasteiger partial charge in [-0.15, -0.1) is 0 Å². The predicted molar refractivity (Wildman–Crippen MR) is 77.8 cm³/mol. The van der Waals surface area contributed by atoms with Crippen LogP contribution in [0.2, 0.25) is 0 Å². The Morgan fingerprint density at radius 3 is 2.39 bits per heavy atom. The third kappa shape index (κ3) is 2.35. The predicted octanol–water partition coefficient (Wildman–Crippen LogP) is 5.31. The Hall–Kier alpha value is -0.780. The topological polar surface area (TPSA) is 0 Å². The molecule has 1 aromatic rings. The first-order valence-corrected chi connectivity index (χ1v) is 7.82. The summed E-state index contributed by atoms with van der Waals surface area (Å²) in [6.45, 7) is 4.56. The first-order valence-electron chi connectivity index (χ1n) is 7.82. The third-order valence-corrected chi connectivity index (χ3v) is 5.55. The van der Waals surface area contributed by atoms with Crippen molar-refractivity contribution in [3.8, 4) is 0 Å². The molecule has 0 radical (unpaired) electrons. The van der Waals surface area contributed by atoms with Gasteiger partial charge < -0.3 is 0 Å². The van der Waals surface area contributed by atoms with Crippen LogP contribution in [0.4, 0.5) is 0 Å². The summed E-state index contributed by atoms with van der Waals surface area (Å²) in [7, 11) is 0. The first kappa shape index (κ1) is 12.3. The van der Waals surface area contributed by atoms with Crippen LogP contribution < -0.4 is 0 Å². The van der Waals surface area contributed by atoms with Crippen molar-refractivity contribution in [1.82, 2.24) is 0 Å². The van der Waals surface area contributed by atoms with Crippen LogP contribution in [-0.4, -0.2) is 0 Å². The van der Waals surface area contributed by atoms with Crippen molar-refractivity contribution < 1.29 is 0 Å². The second-order valence-electron chi connectivity index (χ2n) is 6.69. The van der Waals surface area contributed by atoms with Crippen molar-refractivity contribution in [2.45, 2.75) is 58.3 Å². The Balaban J connectivity index is 1.69. The van der Waals surface area contributed by atoms with Crippen LogP contribution >= 0.6 is 0 Å². The van der Waals surface area contributed by atoms with Crippen LogP contribution in [0.3, 0.4) is 0 Å². The number of hydrogen-bond donors (Lipinski definition) is 0. The van der Waals surface area contributed by atoms with Crippen LogP contribution in [0.1, 0.15) is 62.5 Å². The Kier molecular flexibility index (Phi) is 3.46. The monoisotopic (exact) mass is 242 g/mol. The number of aryl methyl sites for hydroxylation is 1. The van der Waals surface area contributed by atoms with E-state index in [2.05, 4.69) is 38.1 Å². The summed E-state index contributed by atoms with van der Waals surface area (Å²) in [5, 5.41) is 0. The molecule has 2 saturated carbocycles. The van der Waals surface area contributed by atoms with Gasteiger partial charge >= 0.3 is 0 Å². The van der Waals surface area contributed by atoms with E-state index in [0.29, 0.717) is 0 Å². The molecule has 98 valence electrons. The molecule has 0 N–H and O–H groups in total. The molecule has 1 aromatic carbocycles. The van der Waals surface area contributed by atoms with Gasteiger partial charge in [-0.25, -0.2) is 0 Å². The number of hydrogen-bond acceptors (Lipinski definition) is 0. The number of benzene rings is 1. The molecule has 0 heteroatoms. The van der Waals surface area contributed by atoms with E-state index in [1.807, 2.05) is 0 Å². The lowest BCUT2D eigenvalue weighted by molar-refractivity contribution is 0.204. The average molecular weight is 242 g/mol. The highest BCUT2D eigenvalue weighted by Crippen LogP contribution is 2.50. The van der Waals surface area contributed by atoms with Crippen LogP contribution in [0.5, 0.6) is 0 Å². The molecule has 18 heavy (non-hydrogen) atoms. The maximum atomic E-state index is 2.37. The van der Waals surface area contributed by atoms with Gasteiger partial charge in [0.25, 0.3) is 0 Å². The molecule has 0 heterocycles. The zero-order valence-electron chi connectivity index (χ0n) is 11.9. The van der Waals surface area contributed by atoms with Crippen molar-refractivity contribution >= 4 is 0 Å². The van der Waals surface area contributed by atoms with E-state index in [1.165, 1.54) is 44.1 Å². The van der Waals surface area contributed by atoms with Crippen molar-refractivity contribution in [1.29, 1.82) is 0 Å². The van der Waals surface area contributed by atoms with Crippen LogP contribution in [0.25, 0.3) is 0 Å². The molecule has 0 saturated heterocycles. The molecular formula is C18H26. The second-order valence-corrected chi connectivity index (χ2v) is 6.69. The highest BCUT2D eigenvalue weighted by Gasteiger charge is 2.38. The molecule has 0 bridgehead atoms. The molecule has 2 aliphatic carbocycles. The number of fused-ring (bicyclic) bond motifs is 1. The standard InChI is InChI=1S/C18H26/c1-3-14-6-9-16-11-18(12-17(16)10-14)15-7-4-13(2)5-8-15/h4-5,7-8,14,16-18H,3,6,9-12H2,1-2H3. The highest BCUT2D eigenvalue weighted by atomic mass is 14.4. The SMILES string of the molecule is CCC1CCC2CC(c3ccc(C)cc3)CC2C1. The quantitative estimate of drug-likeness (QED) is 0.659. The van der Waals surface area contributed by atoms with Gasteiger partial charge in [-0.05, 0) is 61.8 Å². The van der Waals surface area contributed by atoms with E-state index < -0.39 is 0 Å². The molecule has 0 aliphatic heterocycles. The summed E-state index contributed by atoms with van der Waals surface area (Å²) in [4.78, 5) is 0. The summed E-state index contributed by atoms with van der Waals surface area (Å²) in [6, 6.07) is 9.31. The molecule has 4 unspecified atom stereocenters. The lowest BCUT2D eigenvalue weighted by Gasteiger charge is -2.31. The van der Waals surface area contributed by atoms with Gasteiger partial charge in [0.15, 0.2) is 0 Å². The largest absolute Gasteiger partial charge is 0.0651 e. The average Bonchev–Trinajstić information content (AvgIpc) is 2.82. The Bertz CT molecular complexity index is 389. The minimum Gasteiger partial charge on any atom is -0.0651 e. The fraction of sp³-hybridized carbons (Fsp3) is 0.667. The molecule has 3 rings (SSSR count). The molecule has 4 atom stereocenters. The van der Waals surface area contributed by atoms with E-state index >= 15 is 0 Å². The Morgan fingerprint density at radius 1 is 0.944 bits per heavy atom. The molecule has 0 nitrogen and oxygen atoms in total. The minimum absolute atomic E-state index is 0.858. The fourth-order valence-electron chi connectivity index (χ4n) is 4.33. The zero-order chi connectivity index (χ0) is 12.5. The summed E-state index contributed by atoms with van der Waals surface area (Å²) in [6.07, 6.45) is 8.85. The lowest BCUT2D eigenvalue weighted by Crippen LogP contribution is -2.19. The Morgan fingerprint density at radius 2 is 1.67 bits per heavy atom. The van der Waals surface area contributed by atoms with Crippen molar-refractivity contribution in [2.75, 3.05) is 0 Å². The van der Waals surface area contributed by atoms with Gasteiger partial charge in [-0.3, -0.25) is 0 Å². The fourth-order valence-corrected chi connectivity index (χ4v) is 4.33. The van der Waals surface area contributed by atoms with Crippen LogP contribution in [0.15, 0.2) is 24.3 Å². The molecule has 2 aliphatic rings. The summed E-state index contributed by atoms with van der Waals surface area (Å²) in [5.41, 5.74) is 2.99. The van der Waals surface area contributed by atoms with E-state index in [4.69, 9.17) is 0 Å². The van der Waals surface area contributed by atoms with Crippen molar-refractivity contribution in [2.24, 2.45) is 17.8 Å². The minimum atomic E-state index is 0.858. The van der Waals surface area contributed by atoms with Crippen LogP contribution in [-0.2, 0) is 0 Å². The van der Waals surface area contributed by atoms with Gasteiger partial charge in [0.05, 0.1) is 0 Å². The van der Waals surface area contributed by atoms with Gasteiger partial charge in [-0.1, -0.05) is 49.6 Å². The molecule has 0 amide bonds. The van der Waals surface area contributed by atoms with E-state index in [-0.39, 0.29) is 0 Å². The third-order valence-electron chi connectivity index (χ3n) is 5.55. The molecule has 0 aromatic heterocycles. The maximum Gasteiger partial charge on any atom is -0.0156 e. The van der Waals surface area contributed by atoms with Gasteiger partial charge in [0.1, 0.15) is 0 Å². The lowest BCUT2D eigenvalue weighted by atomic mass is 9.75. The summed E-state index contributed by atoms with van der Waals surface area (Å²) < 4.78 is 0. The van der Waals surface area contributed by atoms with Gasteiger partial charge in [-0.2, -0.15) is 0 Å². The maximum absolute atomic E-state index is 2.37. The molecular weight excluding hydrogens is 216 g/mol. The first-order chi connectivity index (χ1) is 8.76. The smallest absolute Gasteiger partial charge is 0.0156 e. The zero-order valence-corrected chi connectivity index (χ0v) is 11.9.